The molecule has 0 aromatic heterocycles. The molecule has 0 saturated heterocycles. The van der Waals surface area contributed by atoms with E-state index in [9.17, 15) is 17.6 Å². The van der Waals surface area contributed by atoms with Gasteiger partial charge in [-0.25, -0.2) is 4.39 Å². The highest BCUT2D eigenvalue weighted by Gasteiger charge is 2.34. The van der Waals surface area contributed by atoms with Crippen molar-refractivity contribution in [3.05, 3.63) is 69.0 Å². The topological polar surface area (TPSA) is 0 Å². The van der Waals surface area contributed by atoms with Crippen LogP contribution in [0.5, 0.6) is 0 Å². The summed E-state index contributed by atoms with van der Waals surface area (Å²) in [7, 11) is 0. The summed E-state index contributed by atoms with van der Waals surface area (Å²) in [6.07, 6.45) is -4.76. The standard InChI is InChI=1S/C14H7BrCl2F4/c15-13(9-6-8(16)2-3-11(9)17)7-1-4-12(18)10(5-7)14(19,20)21/h1-6,13H. The van der Waals surface area contributed by atoms with Crippen molar-refractivity contribution in [2.45, 2.75) is 11.0 Å². The highest BCUT2D eigenvalue weighted by atomic mass is 79.9. The second-order valence-electron chi connectivity index (χ2n) is 4.27. The normalized spacial score (nSPS) is 13.3. The molecule has 0 aliphatic carbocycles. The maximum Gasteiger partial charge on any atom is 0.419 e. The van der Waals surface area contributed by atoms with Gasteiger partial charge in [-0.1, -0.05) is 45.2 Å². The lowest BCUT2D eigenvalue weighted by atomic mass is 10.0. The zero-order valence-electron chi connectivity index (χ0n) is 10.2. The number of rotatable bonds is 2. The van der Waals surface area contributed by atoms with Crippen LogP contribution in [0.4, 0.5) is 17.6 Å². The minimum atomic E-state index is -4.76. The second kappa shape index (κ2) is 6.15. The Bertz CT molecular complexity index is 671. The summed E-state index contributed by atoms with van der Waals surface area (Å²) in [6.45, 7) is 0. The molecule has 0 bridgehead atoms. The van der Waals surface area contributed by atoms with Gasteiger partial charge in [0.05, 0.1) is 10.4 Å². The second-order valence-corrected chi connectivity index (χ2v) is 6.02. The van der Waals surface area contributed by atoms with Gasteiger partial charge < -0.3 is 0 Å². The van der Waals surface area contributed by atoms with E-state index in [0.29, 0.717) is 15.6 Å². The Kier molecular flexibility index (Phi) is 4.85. The Labute approximate surface area is 136 Å². The van der Waals surface area contributed by atoms with Gasteiger partial charge in [-0.2, -0.15) is 13.2 Å². The third-order valence-corrected chi connectivity index (χ3v) is 4.42. The smallest absolute Gasteiger partial charge is 0.206 e. The van der Waals surface area contributed by atoms with Gasteiger partial charge in [-0.3, -0.25) is 0 Å². The molecular formula is C14H7BrCl2F4. The number of benzene rings is 2. The van der Waals surface area contributed by atoms with Gasteiger partial charge in [-0.15, -0.1) is 0 Å². The summed E-state index contributed by atoms with van der Waals surface area (Å²) in [5, 5.41) is 0.746. The maximum absolute atomic E-state index is 13.3. The van der Waals surface area contributed by atoms with Crippen molar-refractivity contribution in [3.8, 4) is 0 Å². The number of halogens is 7. The Morgan fingerprint density at radius 2 is 1.67 bits per heavy atom. The molecular weight excluding hydrogens is 395 g/mol. The van der Waals surface area contributed by atoms with Crippen LogP contribution >= 0.6 is 39.1 Å². The molecule has 1 unspecified atom stereocenters. The Morgan fingerprint density at radius 1 is 1.00 bits per heavy atom. The minimum absolute atomic E-state index is 0.230. The van der Waals surface area contributed by atoms with E-state index >= 15 is 0 Å². The molecule has 21 heavy (non-hydrogen) atoms. The summed E-state index contributed by atoms with van der Waals surface area (Å²) >= 11 is 15.1. The van der Waals surface area contributed by atoms with Gasteiger partial charge in [0.15, 0.2) is 0 Å². The van der Waals surface area contributed by atoms with E-state index in [1.807, 2.05) is 0 Å². The lowest BCUT2D eigenvalue weighted by Gasteiger charge is -2.15. The van der Waals surface area contributed by atoms with E-state index in [0.717, 1.165) is 12.1 Å². The van der Waals surface area contributed by atoms with Crippen molar-refractivity contribution < 1.29 is 17.6 Å². The first-order valence-corrected chi connectivity index (χ1v) is 7.33. The zero-order chi connectivity index (χ0) is 15.8. The molecule has 0 spiro atoms. The molecule has 2 aromatic carbocycles. The molecule has 0 aliphatic heterocycles. The highest BCUT2D eigenvalue weighted by molar-refractivity contribution is 9.09. The van der Waals surface area contributed by atoms with Gasteiger partial charge in [0.2, 0.25) is 0 Å². The van der Waals surface area contributed by atoms with Gasteiger partial charge in [0.1, 0.15) is 5.82 Å². The van der Waals surface area contributed by atoms with Crippen LogP contribution in [0, 0.1) is 5.82 Å². The van der Waals surface area contributed by atoms with Gasteiger partial charge in [-0.05, 0) is 41.5 Å². The molecule has 2 aromatic rings. The van der Waals surface area contributed by atoms with E-state index in [1.54, 1.807) is 18.2 Å². The third-order valence-electron chi connectivity index (χ3n) is 2.82. The molecule has 0 N–H and O–H groups in total. The van der Waals surface area contributed by atoms with Crippen LogP contribution in [0.1, 0.15) is 21.5 Å². The fourth-order valence-electron chi connectivity index (χ4n) is 1.81. The molecule has 0 fully saturated rings. The summed E-state index contributed by atoms with van der Waals surface area (Å²) in [5.74, 6) is -1.32. The summed E-state index contributed by atoms with van der Waals surface area (Å²) in [6, 6.07) is 7.46. The summed E-state index contributed by atoms with van der Waals surface area (Å²) < 4.78 is 51.5. The van der Waals surface area contributed by atoms with Crippen LogP contribution in [0.25, 0.3) is 0 Å². The van der Waals surface area contributed by atoms with Gasteiger partial charge in [0.25, 0.3) is 0 Å². The molecule has 2 rings (SSSR count). The zero-order valence-corrected chi connectivity index (χ0v) is 13.3. The SMILES string of the molecule is Fc1ccc(C(Br)c2cc(Cl)ccc2Cl)cc1C(F)(F)F. The van der Waals surface area contributed by atoms with Crippen LogP contribution in [0.2, 0.25) is 10.0 Å². The Morgan fingerprint density at radius 3 is 2.29 bits per heavy atom. The average molecular weight is 402 g/mol. The molecule has 0 heterocycles. The number of hydrogen-bond donors (Lipinski definition) is 0. The predicted octanol–water partition coefficient (Wildman–Crippen LogP) is 6.64. The molecule has 1 atom stereocenters. The molecule has 112 valence electrons. The molecule has 0 radical (unpaired) electrons. The Balaban J connectivity index is 2.49. The Hall–Kier alpha value is -0.780. The average Bonchev–Trinajstić information content (AvgIpc) is 2.40. The molecule has 0 aliphatic rings. The quantitative estimate of drug-likeness (QED) is 0.391. The fourth-order valence-corrected chi connectivity index (χ4v) is 3.01. The number of alkyl halides is 4. The van der Waals surface area contributed by atoms with Gasteiger partial charge >= 0.3 is 6.18 Å². The molecule has 0 saturated carbocycles. The van der Waals surface area contributed by atoms with Crippen LogP contribution in [0.3, 0.4) is 0 Å². The van der Waals surface area contributed by atoms with Crippen molar-refractivity contribution in [1.29, 1.82) is 0 Å². The summed E-state index contributed by atoms with van der Waals surface area (Å²) in [4.78, 5) is -0.634. The summed E-state index contributed by atoms with van der Waals surface area (Å²) in [5.41, 5.74) is -0.584. The monoisotopic (exact) mass is 400 g/mol. The van der Waals surface area contributed by atoms with Crippen molar-refractivity contribution in [2.24, 2.45) is 0 Å². The lowest BCUT2D eigenvalue weighted by Crippen LogP contribution is -2.09. The van der Waals surface area contributed by atoms with Crippen LogP contribution < -0.4 is 0 Å². The fraction of sp³-hybridized carbons (Fsp3) is 0.143. The van der Waals surface area contributed by atoms with E-state index in [4.69, 9.17) is 23.2 Å². The minimum Gasteiger partial charge on any atom is -0.206 e. The largest absolute Gasteiger partial charge is 0.419 e. The van der Waals surface area contributed by atoms with Crippen molar-refractivity contribution in [1.82, 2.24) is 0 Å². The van der Waals surface area contributed by atoms with E-state index in [-0.39, 0.29) is 5.56 Å². The van der Waals surface area contributed by atoms with E-state index < -0.39 is 22.4 Å². The van der Waals surface area contributed by atoms with Crippen LogP contribution in [-0.2, 0) is 6.18 Å². The first-order chi connectivity index (χ1) is 9.70. The molecule has 0 amide bonds. The first-order valence-electron chi connectivity index (χ1n) is 5.66. The van der Waals surface area contributed by atoms with Crippen LogP contribution in [0.15, 0.2) is 36.4 Å². The third kappa shape index (κ3) is 3.71. The molecule has 7 heteroatoms. The maximum atomic E-state index is 13.3. The molecule has 0 nitrogen and oxygen atoms in total. The highest BCUT2D eigenvalue weighted by Crippen LogP contribution is 2.39. The first kappa shape index (κ1) is 16.6. The van der Waals surface area contributed by atoms with E-state index in [2.05, 4.69) is 15.9 Å². The van der Waals surface area contributed by atoms with Crippen molar-refractivity contribution in [2.75, 3.05) is 0 Å². The van der Waals surface area contributed by atoms with Crippen molar-refractivity contribution in [3.63, 3.8) is 0 Å². The van der Waals surface area contributed by atoms with Crippen LogP contribution in [-0.4, -0.2) is 0 Å². The van der Waals surface area contributed by atoms with Gasteiger partial charge in [0, 0.05) is 10.0 Å². The lowest BCUT2D eigenvalue weighted by molar-refractivity contribution is -0.140. The number of hydrogen-bond acceptors (Lipinski definition) is 0. The predicted molar refractivity (Wildman–Crippen MR) is 78.6 cm³/mol. The van der Waals surface area contributed by atoms with Crippen molar-refractivity contribution >= 4 is 39.1 Å². The van der Waals surface area contributed by atoms with E-state index in [1.165, 1.54) is 6.07 Å².